The van der Waals surface area contributed by atoms with Crippen LogP contribution in [0.1, 0.15) is 23.7 Å². The molecule has 0 radical (unpaired) electrons. The summed E-state index contributed by atoms with van der Waals surface area (Å²) in [5.74, 6) is 0.535. The first-order valence-electron chi connectivity index (χ1n) is 6.70. The van der Waals surface area contributed by atoms with Crippen molar-refractivity contribution < 1.29 is 19.4 Å². The van der Waals surface area contributed by atoms with E-state index in [-0.39, 0.29) is 6.10 Å². The molecule has 0 fully saturated rings. The molecule has 0 bridgehead atoms. The third kappa shape index (κ3) is 7.53. The molecular weight excluding hydrogens is 272 g/mol. The highest BCUT2D eigenvalue weighted by Gasteiger charge is 2.09. The van der Waals surface area contributed by atoms with E-state index >= 15 is 0 Å². The second kappa shape index (κ2) is 10.0. The number of rotatable bonds is 6. The first-order valence-corrected chi connectivity index (χ1v) is 6.70. The zero-order valence-corrected chi connectivity index (χ0v) is 13.4. The van der Waals surface area contributed by atoms with Crippen molar-refractivity contribution >= 4 is 5.91 Å². The van der Waals surface area contributed by atoms with E-state index in [0.717, 1.165) is 13.0 Å². The SMILES string of the molecule is CCC(O)CN(C)C.COc1ccc(C(N)=O)c(OC)c1. The van der Waals surface area contributed by atoms with Gasteiger partial charge in [-0.15, -0.1) is 0 Å². The normalized spacial score (nSPS) is 11.4. The van der Waals surface area contributed by atoms with Crippen molar-refractivity contribution in [3.8, 4) is 11.5 Å². The van der Waals surface area contributed by atoms with Crippen LogP contribution in [0.25, 0.3) is 0 Å². The van der Waals surface area contributed by atoms with Crippen LogP contribution in [0.4, 0.5) is 0 Å². The maximum Gasteiger partial charge on any atom is 0.252 e. The number of primary amides is 1. The number of nitrogens with zero attached hydrogens (tertiary/aromatic N) is 1. The molecule has 0 spiro atoms. The predicted octanol–water partition coefficient (Wildman–Crippen LogP) is 1.12. The zero-order valence-electron chi connectivity index (χ0n) is 13.4. The van der Waals surface area contributed by atoms with Crippen molar-refractivity contribution in [2.45, 2.75) is 19.4 Å². The van der Waals surface area contributed by atoms with E-state index in [2.05, 4.69) is 0 Å². The molecule has 6 heteroatoms. The van der Waals surface area contributed by atoms with Crippen molar-refractivity contribution in [3.05, 3.63) is 23.8 Å². The molecule has 0 saturated heterocycles. The number of ether oxygens (including phenoxy) is 2. The standard InChI is InChI=1S/C9H11NO3.C6H15NO/c1-12-6-3-4-7(9(10)11)8(5-6)13-2;1-4-6(8)5-7(2)3/h3-5H,1-2H3,(H2,10,11);6,8H,4-5H2,1-3H3. The van der Waals surface area contributed by atoms with Gasteiger partial charge in [0.1, 0.15) is 11.5 Å². The van der Waals surface area contributed by atoms with E-state index in [1.165, 1.54) is 7.11 Å². The molecule has 1 aromatic carbocycles. The topological polar surface area (TPSA) is 85.0 Å². The van der Waals surface area contributed by atoms with Crippen LogP contribution < -0.4 is 15.2 Å². The fourth-order valence-corrected chi connectivity index (χ4v) is 1.55. The van der Waals surface area contributed by atoms with Gasteiger partial charge in [0.05, 0.1) is 25.9 Å². The number of likely N-dealkylation sites (N-methyl/N-ethyl adjacent to an activating group) is 1. The molecule has 6 nitrogen and oxygen atoms in total. The third-order valence-corrected chi connectivity index (χ3v) is 2.72. The van der Waals surface area contributed by atoms with Crippen LogP contribution in [0.5, 0.6) is 11.5 Å². The number of aliphatic hydroxyl groups excluding tert-OH is 1. The van der Waals surface area contributed by atoms with Crippen molar-refractivity contribution in [2.75, 3.05) is 34.9 Å². The first-order chi connectivity index (χ1) is 9.85. The number of carbonyl (C=O) groups is 1. The smallest absolute Gasteiger partial charge is 0.252 e. The Morgan fingerprint density at radius 3 is 2.29 bits per heavy atom. The van der Waals surface area contributed by atoms with Crippen LogP contribution >= 0.6 is 0 Å². The summed E-state index contributed by atoms with van der Waals surface area (Å²) in [7, 11) is 6.93. The molecule has 0 aromatic heterocycles. The average molecular weight is 298 g/mol. The lowest BCUT2D eigenvalue weighted by molar-refractivity contribution is 0.0997. The fraction of sp³-hybridized carbons (Fsp3) is 0.533. The van der Waals surface area contributed by atoms with Gasteiger partial charge >= 0.3 is 0 Å². The van der Waals surface area contributed by atoms with Crippen LogP contribution in [-0.2, 0) is 0 Å². The van der Waals surface area contributed by atoms with Crippen LogP contribution in [0.15, 0.2) is 18.2 Å². The number of carbonyl (C=O) groups excluding carboxylic acids is 1. The number of nitrogens with two attached hydrogens (primary N) is 1. The minimum Gasteiger partial charge on any atom is -0.497 e. The zero-order chi connectivity index (χ0) is 16.4. The fourth-order valence-electron chi connectivity index (χ4n) is 1.55. The lowest BCUT2D eigenvalue weighted by Crippen LogP contribution is -2.24. The Morgan fingerprint density at radius 1 is 1.33 bits per heavy atom. The van der Waals surface area contributed by atoms with Crippen molar-refractivity contribution in [1.82, 2.24) is 4.90 Å². The first kappa shape index (κ1) is 19.2. The van der Waals surface area contributed by atoms with Crippen LogP contribution in [0.3, 0.4) is 0 Å². The number of amides is 1. The maximum atomic E-state index is 10.9. The van der Waals surface area contributed by atoms with Crippen LogP contribution in [-0.4, -0.2) is 56.9 Å². The minimum atomic E-state index is -0.514. The monoisotopic (exact) mass is 298 g/mol. The van der Waals surface area contributed by atoms with Gasteiger partial charge in [0.25, 0.3) is 5.91 Å². The Morgan fingerprint density at radius 2 is 1.95 bits per heavy atom. The Kier molecular flexibility index (Phi) is 9.16. The Hall–Kier alpha value is -1.79. The second-order valence-electron chi connectivity index (χ2n) is 4.75. The molecule has 3 N–H and O–H groups in total. The average Bonchev–Trinajstić information content (AvgIpc) is 2.46. The van der Waals surface area contributed by atoms with E-state index in [9.17, 15) is 4.79 Å². The van der Waals surface area contributed by atoms with Crippen LogP contribution in [0.2, 0.25) is 0 Å². The van der Waals surface area contributed by atoms with Gasteiger partial charge < -0.3 is 25.2 Å². The molecule has 0 heterocycles. The molecular formula is C15H26N2O4. The number of aliphatic hydroxyl groups is 1. The minimum absolute atomic E-state index is 0.148. The number of hydrogen-bond donors (Lipinski definition) is 2. The molecule has 0 saturated carbocycles. The van der Waals surface area contributed by atoms with Gasteiger partial charge in [0.15, 0.2) is 0 Å². The molecule has 1 atom stereocenters. The second-order valence-corrected chi connectivity index (χ2v) is 4.75. The summed E-state index contributed by atoms with van der Waals surface area (Å²) in [5.41, 5.74) is 5.47. The van der Waals surface area contributed by atoms with E-state index in [1.807, 2.05) is 25.9 Å². The van der Waals surface area contributed by atoms with Crippen molar-refractivity contribution in [1.29, 1.82) is 0 Å². The largest absolute Gasteiger partial charge is 0.497 e. The van der Waals surface area contributed by atoms with Gasteiger partial charge in [0.2, 0.25) is 0 Å². The Bertz CT molecular complexity index is 436. The summed E-state index contributed by atoms with van der Waals surface area (Å²) in [6.45, 7) is 2.75. The van der Waals surface area contributed by atoms with Gasteiger partial charge in [-0.3, -0.25) is 4.79 Å². The van der Waals surface area contributed by atoms with Gasteiger partial charge in [-0.25, -0.2) is 0 Å². The molecule has 1 amide bonds. The highest BCUT2D eigenvalue weighted by Crippen LogP contribution is 2.23. The van der Waals surface area contributed by atoms with Gasteiger partial charge in [-0.05, 0) is 32.6 Å². The summed E-state index contributed by atoms with van der Waals surface area (Å²) < 4.78 is 9.93. The number of hydrogen-bond acceptors (Lipinski definition) is 5. The predicted molar refractivity (Wildman–Crippen MR) is 82.9 cm³/mol. The molecule has 0 aliphatic rings. The molecule has 1 unspecified atom stereocenters. The highest BCUT2D eigenvalue weighted by atomic mass is 16.5. The molecule has 1 aromatic rings. The van der Waals surface area contributed by atoms with Gasteiger partial charge in [0, 0.05) is 12.6 Å². The van der Waals surface area contributed by atoms with Crippen LogP contribution in [0, 0.1) is 0 Å². The van der Waals surface area contributed by atoms with Crippen molar-refractivity contribution in [3.63, 3.8) is 0 Å². The van der Waals surface area contributed by atoms with Gasteiger partial charge in [-0.2, -0.15) is 0 Å². The number of benzene rings is 1. The lowest BCUT2D eigenvalue weighted by Gasteiger charge is -2.13. The van der Waals surface area contributed by atoms with E-state index < -0.39 is 5.91 Å². The molecule has 120 valence electrons. The summed E-state index contributed by atoms with van der Waals surface area (Å²) >= 11 is 0. The summed E-state index contributed by atoms with van der Waals surface area (Å²) in [4.78, 5) is 12.9. The van der Waals surface area contributed by atoms with E-state index in [4.69, 9.17) is 20.3 Å². The molecule has 1 rings (SSSR count). The Balaban J connectivity index is 0.000000433. The maximum absolute atomic E-state index is 10.9. The van der Waals surface area contributed by atoms with Crippen molar-refractivity contribution in [2.24, 2.45) is 5.73 Å². The summed E-state index contributed by atoms with van der Waals surface area (Å²) in [5, 5.41) is 8.99. The molecule has 21 heavy (non-hydrogen) atoms. The molecule has 0 aliphatic carbocycles. The number of methoxy groups -OCH3 is 2. The van der Waals surface area contributed by atoms with E-state index in [0.29, 0.717) is 17.1 Å². The summed E-state index contributed by atoms with van der Waals surface area (Å²) in [6, 6.07) is 4.84. The van der Waals surface area contributed by atoms with E-state index in [1.54, 1.807) is 25.3 Å². The summed E-state index contributed by atoms with van der Waals surface area (Å²) in [6.07, 6.45) is 0.697. The third-order valence-electron chi connectivity index (χ3n) is 2.72. The quantitative estimate of drug-likeness (QED) is 0.822. The lowest BCUT2D eigenvalue weighted by atomic mass is 10.2. The Labute approximate surface area is 126 Å². The highest BCUT2D eigenvalue weighted by molar-refractivity contribution is 5.95. The van der Waals surface area contributed by atoms with Gasteiger partial charge in [-0.1, -0.05) is 6.92 Å². The molecule has 0 aliphatic heterocycles.